The number of aromatic nitrogens is 1. The lowest BCUT2D eigenvalue weighted by molar-refractivity contribution is -0.114. The molecular formula is C20H23N3O5S2. The lowest BCUT2D eigenvalue weighted by atomic mass is 10.2. The van der Waals surface area contributed by atoms with E-state index in [1.807, 2.05) is 13.8 Å². The van der Waals surface area contributed by atoms with Crippen LogP contribution in [0.25, 0.3) is 10.2 Å². The second-order valence-electron chi connectivity index (χ2n) is 7.03. The van der Waals surface area contributed by atoms with Gasteiger partial charge >= 0.3 is 4.87 Å². The molecule has 0 saturated carbocycles. The highest BCUT2D eigenvalue weighted by molar-refractivity contribution is 7.92. The van der Waals surface area contributed by atoms with E-state index in [4.69, 9.17) is 4.74 Å². The van der Waals surface area contributed by atoms with Crippen molar-refractivity contribution in [3.05, 3.63) is 52.1 Å². The number of carbonyl (C=O) groups excluding carboxylic acids is 1. The molecule has 1 N–H and O–H groups in total. The number of nitrogens with zero attached hydrogens (tertiary/aromatic N) is 2. The second-order valence-corrected chi connectivity index (χ2v) is 9.93. The van der Waals surface area contributed by atoms with Gasteiger partial charge in [0, 0.05) is 11.7 Å². The van der Waals surface area contributed by atoms with E-state index in [-0.39, 0.29) is 17.5 Å². The summed E-state index contributed by atoms with van der Waals surface area (Å²) in [7, 11) is -2.17. The third-order valence-corrected chi connectivity index (χ3v) is 6.52. The molecule has 0 fully saturated rings. The molecule has 160 valence electrons. The Bertz CT molecular complexity index is 1230. The van der Waals surface area contributed by atoms with E-state index >= 15 is 0 Å². The Morgan fingerprint density at radius 2 is 1.87 bits per heavy atom. The largest absolute Gasteiger partial charge is 0.497 e. The number of fused-ring (bicyclic) bond motifs is 1. The molecule has 0 radical (unpaired) electrons. The second kappa shape index (κ2) is 8.49. The van der Waals surface area contributed by atoms with Gasteiger partial charge in [-0.25, -0.2) is 8.42 Å². The minimum atomic E-state index is -3.68. The molecule has 3 aromatic rings. The Hall–Kier alpha value is -2.85. The monoisotopic (exact) mass is 449 g/mol. The average molecular weight is 450 g/mol. The van der Waals surface area contributed by atoms with Crippen LogP contribution in [0.3, 0.4) is 0 Å². The van der Waals surface area contributed by atoms with Crippen molar-refractivity contribution in [1.82, 2.24) is 4.57 Å². The molecule has 0 aliphatic rings. The number of nitrogens with one attached hydrogen (secondary N) is 1. The van der Waals surface area contributed by atoms with Crippen LogP contribution in [0.15, 0.2) is 47.3 Å². The summed E-state index contributed by atoms with van der Waals surface area (Å²) in [6.07, 6.45) is 1.04. The molecule has 1 aromatic heterocycles. The van der Waals surface area contributed by atoms with E-state index in [1.54, 1.807) is 47.0 Å². The number of methoxy groups -OCH3 is 1. The summed E-state index contributed by atoms with van der Waals surface area (Å²) in [5.41, 5.74) is 1.65. The highest BCUT2D eigenvalue weighted by Crippen LogP contribution is 2.25. The third kappa shape index (κ3) is 4.65. The number of sulfonamides is 1. The molecule has 10 heteroatoms. The van der Waals surface area contributed by atoms with Crippen LogP contribution in [0.2, 0.25) is 0 Å². The first-order valence-electron chi connectivity index (χ1n) is 9.17. The van der Waals surface area contributed by atoms with Crippen LogP contribution < -0.4 is 19.2 Å². The van der Waals surface area contributed by atoms with Crippen molar-refractivity contribution in [2.24, 2.45) is 0 Å². The van der Waals surface area contributed by atoms with Crippen molar-refractivity contribution in [3.8, 4) is 5.75 Å². The molecule has 30 heavy (non-hydrogen) atoms. The normalized spacial score (nSPS) is 11.6. The zero-order chi connectivity index (χ0) is 22.1. The smallest absolute Gasteiger partial charge is 0.308 e. The maximum absolute atomic E-state index is 12.6. The minimum Gasteiger partial charge on any atom is -0.497 e. The highest BCUT2D eigenvalue weighted by Gasteiger charge is 2.21. The van der Waals surface area contributed by atoms with Crippen LogP contribution in [0.1, 0.15) is 19.9 Å². The molecule has 1 heterocycles. The predicted octanol–water partition coefficient (Wildman–Crippen LogP) is 3.06. The minimum absolute atomic E-state index is 0.0273. The lowest BCUT2D eigenvalue weighted by Crippen LogP contribution is -2.37. The molecule has 0 aliphatic carbocycles. The Kier molecular flexibility index (Phi) is 6.18. The molecule has 0 unspecified atom stereocenters. The number of hydrogen-bond donors (Lipinski definition) is 1. The van der Waals surface area contributed by atoms with Gasteiger partial charge in [-0.2, -0.15) is 0 Å². The van der Waals surface area contributed by atoms with E-state index in [1.165, 1.54) is 7.11 Å². The number of anilines is 2. The molecule has 3 rings (SSSR count). The number of rotatable bonds is 7. The quantitative estimate of drug-likeness (QED) is 0.598. The van der Waals surface area contributed by atoms with Crippen molar-refractivity contribution in [3.63, 3.8) is 0 Å². The Labute approximate surface area is 178 Å². The number of benzene rings is 2. The van der Waals surface area contributed by atoms with Crippen molar-refractivity contribution in [2.75, 3.05) is 29.5 Å². The van der Waals surface area contributed by atoms with Crippen molar-refractivity contribution >= 4 is 48.9 Å². The lowest BCUT2D eigenvalue weighted by Gasteiger charge is -2.22. The van der Waals surface area contributed by atoms with Crippen LogP contribution >= 0.6 is 11.3 Å². The van der Waals surface area contributed by atoms with E-state index in [0.717, 1.165) is 32.1 Å². The van der Waals surface area contributed by atoms with Crippen molar-refractivity contribution < 1.29 is 17.9 Å². The zero-order valence-electron chi connectivity index (χ0n) is 17.1. The molecule has 2 aromatic carbocycles. The van der Waals surface area contributed by atoms with Crippen LogP contribution in [-0.2, 0) is 14.8 Å². The molecule has 0 spiro atoms. The SMILES string of the molecule is COc1ccc(N(CC(=O)Nc2ccc3c(c2)sc(=O)n3C(C)C)S(C)(=O)=O)cc1. The first kappa shape index (κ1) is 21.8. The third-order valence-electron chi connectivity index (χ3n) is 4.46. The number of amides is 1. The average Bonchev–Trinajstić information content (AvgIpc) is 3.00. The van der Waals surface area contributed by atoms with Gasteiger partial charge in [0.2, 0.25) is 15.9 Å². The molecular weight excluding hydrogens is 426 g/mol. The van der Waals surface area contributed by atoms with Crippen LogP contribution in [0.5, 0.6) is 5.75 Å². The van der Waals surface area contributed by atoms with Crippen molar-refractivity contribution in [2.45, 2.75) is 19.9 Å². The first-order chi connectivity index (χ1) is 14.1. The number of thiazole rings is 1. The molecule has 0 atom stereocenters. The van der Waals surface area contributed by atoms with Gasteiger partial charge in [0.25, 0.3) is 0 Å². The standard InChI is InChI=1S/C20H23N3O5S2/c1-13(2)23-17-10-5-14(11-18(17)29-20(23)25)21-19(24)12-22(30(4,26)27)15-6-8-16(28-3)9-7-15/h5-11,13H,12H2,1-4H3,(H,21,24). The van der Waals surface area contributed by atoms with Gasteiger partial charge in [-0.3, -0.25) is 18.5 Å². The van der Waals surface area contributed by atoms with Crippen LogP contribution in [0.4, 0.5) is 11.4 Å². The van der Waals surface area contributed by atoms with Crippen LogP contribution in [-0.4, -0.2) is 38.8 Å². The van der Waals surface area contributed by atoms with E-state index in [0.29, 0.717) is 17.1 Å². The highest BCUT2D eigenvalue weighted by atomic mass is 32.2. The number of carbonyl (C=O) groups is 1. The summed E-state index contributed by atoms with van der Waals surface area (Å²) < 4.78 is 33.0. The van der Waals surface area contributed by atoms with E-state index in [9.17, 15) is 18.0 Å². The van der Waals surface area contributed by atoms with Crippen LogP contribution in [0, 0.1) is 0 Å². The Morgan fingerprint density at radius 3 is 2.43 bits per heavy atom. The van der Waals surface area contributed by atoms with Gasteiger partial charge in [-0.15, -0.1) is 0 Å². The molecule has 0 saturated heterocycles. The summed E-state index contributed by atoms with van der Waals surface area (Å²) in [5.74, 6) is 0.0866. The first-order valence-corrected chi connectivity index (χ1v) is 11.8. The summed E-state index contributed by atoms with van der Waals surface area (Å²) in [5, 5.41) is 2.71. The summed E-state index contributed by atoms with van der Waals surface area (Å²) in [6.45, 7) is 3.48. The van der Waals surface area contributed by atoms with Gasteiger partial charge in [0.05, 0.1) is 29.3 Å². The Balaban J connectivity index is 1.82. The van der Waals surface area contributed by atoms with Gasteiger partial charge < -0.3 is 10.1 Å². The summed E-state index contributed by atoms with van der Waals surface area (Å²) >= 11 is 1.10. The maximum atomic E-state index is 12.6. The maximum Gasteiger partial charge on any atom is 0.308 e. The van der Waals surface area contributed by atoms with E-state index in [2.05, 4.69) is 5.32 Å². The van der Waals surface area contributed by atoms with Gasteiger partial charge in [0.1, 0.15) is 12.3 Å². The summed E-state index contributed by atoms with van der Waals surface area (Å²) in [4.78, 5) is 24.7. The van der Waals surface area contributed by atoms with Gasteiger partial charge in [0.15, 0.2) is 0 Å². The fourth-order valence-electron chi connectivity index (χ4n) is 3.08. The van der Waals surface area contributed by atoms with E-state index < -0.39 is 15.9 Å². The molecule has 8 nitrogen and oxygen atoms in total. The topological polar surface area (TPSA) is 97.7 Å². The van der Waals surface area contributed by atoms with Gasteiger partial charge in [-0.1, -0.05) is 11.3 Å². The van der Waals surface area contributed by atoms with Crippen molar-refractivity contribution in [1.29, 1.82) is 0 Å². The predicted molar refractivity (Wildman–Crippen MR) is 120 cm³/mol. The molecule has 0 aliphatic heterocycles. The molecule has 0 bridgehead atoms. The Morgan fingerprint density at radius 1 is 1.20 bits per heavy atom. The zero-order valence-corrected chi connectivity index (χ0v) is 18.7. The summed E-state index contributed by atoms with van der Waals surface area (Å²) in [6, 6.07) is 11.6. The molecule has 1 amide bonds. The number of ether oxygens (including phenoxy) is 1. The number of hydrogen-bond acceptors (Lipinski definition) is 6. The fourth-order valence-corrected chi connectivity index (χ4v) is 4.99. The van der Waals surface area contributed by atoms with Gasteiger partial charge in [-0.05, 0) is 56.3 Å². The fraction of sp³-hybridized carbons (Fsp3) is 0.300.